The van der Waals surface area contributed by atoms with Gasteiger partial charge in [0.1, 0.15) is 5.41 Å². The van der Waals surface area contributed by atoms with Gasteiger partial charge in [0.2, 0.25) is 5.60 Å². The van der Waals surface area contributed by atoms with Crippen LogP contribution < -0.4 is 0 Å². The predicted molar refractivity (Wildman–Crippen MR) is 361 cm³/mol. The lowest BCUT2D eigenvalue weighted by molar-refractivity contribution is -0.219. The SMILES string of the molecule is CCCCCCCCCCCCCCCCCCCCCCOC(C(=O)O)(C(C(=O)O)C(=O)CCC)C(CCCCCCCCCCCCCCCCCCCCCC)(CCCCCCCCCCCCCCCCCCCCCC)C(=O)O. The summed E-state index contributed by atoms with van der Waals surface area (Å²) in [5, 5.41) is 33.8. The number of aliphatic carboxylic acids is 3. The average Bonchev–Trinajstić information content (AvgIpc) is 1.76. The summed E-state index contributed by atoms with van der Waals surface area (Å²) in [6.07, 6.45) is 73.4. The van der Waals surface area contributed by atoms with E-state index in [4.69, 9.17) is 4.74 Å². The van der Waals surface area contributed by atoms with Crippen LogP contribution in [0.15, 0.2) is 0 Å². The molecular formula is C76H146O8. The van der Waals surface area contributed by atoms with Crippen LogP contribution in [0.2, 0.25) is 0 Å². The van der Waals surface area contributed by atoms with Crippen LogP contribution in [-0.2, 0) is 23.9 Å². The van der Waals surface area contributed by atoms with Gasteiger partial charge in [-0.15, -0.1) is 0 Å². The Labute approximate surface area is 522 Å². The molecule has 0 amide bonds. The molecule has 0 heterocycles. The Bertz CT molecular complexity index is 1390. The summed E-state index contributed by atoms with van der Waals surface area (Å²) in [6.45, 7) is 8.50. The molecule has 0 fully saturated rings. The minimum Gasteiger partial charge on any atom is -0.481 e. The third-order valence-electron chi connectivity index (χ3n) is 19.2. The number of unbranched alkanes of at least 4 members (excludes halogenated alkanes) is 57. The first-order chi connectivity index (χ1) is 41.1. The van der Waals surface area contributed by atoms with Gasteiger partial charge in [0.05, 0.1) is 0 Å². The molecule has 498 valence electrons. The lowest BCUT2D eigenvalue weighted by Gasteiger charge is -2.47. The Morgan fingerprint density at radius 3 is 0.655 bits per heavy atom. The maximum absolute atomic E-state index is 14.1. The van der Waals surface area contributed by atoms with Crippen LogP contribution in [0.1, 0.15) is 439 Å². The molecule has 2 atom stereocenters. The molecule has 0 aliphatic carbocycles. The van der Waals surface area contributed by atoms with E-state index >= 15 is 0 Å². The highest BCUT2D eigenvalue weighted by Crippen LogP contribution is 2.50. The number of hydrogen-bond donors (Lipinski definition) is 3. The highest BCUT2D eigenvalue weighted by Gasteiger charge is 2.69. The van der Waals surface area contributed by atoms with E-state index in [0.717, 1.165) is 77.0 Å². The Morgan fingerprint density at radius 2 is 0.476 bits per heavy atom. The van der Waals surface area contributed by atoms with Crippen LogP contribution in [0, 0.1) is 11.3 Å². The fraction of sp³-hybridized carbons (Fsp3) is 0.947. The number of carbonyl (C=O) groups excluding carboxylic acids is 1. The summed E-state index contributed by atoms with van der Waals surface area (Å²) >= 11 is 0. The van der Waals surface area contributed by atoms with Crippen molar-refractivity contribution in [3.05, 3.63) is 0 Å². The number of Topliss-reactive ketones (excluding diaryl/α,β-unsaturated/α-hetero) is 1. The molecule has 0 radical (unpaired) electrons. The van der Waals surface area contributed by atoms with Gasteiger partial charge in [-0.1, -0.05) is 407 Å². The Kier molecular flexibility index (Phi) is 61.2. The summed E-state index contributed by atoms with van der Waals surface area (Å²) in [5.41, 5.74) is -4.81. The summed E-state index contributed by atoms with van der Waals surface area (Å²) in [5.74, 6) is -7.45. The van der Waals surface area contributed by atoms with Gasteiger partial charge in [-0.2, -0.15) is 0 Å². The number of ketones is 1. The normalized spacial score (nSPS) is 13.0. The van der Waals surface area contributed by atoms with Crippen molar-refractivity contribution in [2.75, 3.05) is 6.61 Å². The number of carboxylic acids is 3. The molecule has 0 saturated heterocycles. The van der Waals surface area contributed by atoms with Crippen molar-refractivity contribution >= 4 is 23.7 Å². The van der Waals surface area contributed by atoms with Gasteiger partial charge in [0.25, 0.3) is 0 Å². The first-order valence-corrected chi connectivity index (χ1v) is 38.0. The molecule has 8 heteroatoms. The van der Waals surface area contributed by atoms with Crippen LogP contribution in [0.5, 0.6) is 0 Å². The second-order valence-corrected chi connectivity index (χ2v) is 26.9. The zero-order valence-corrected chi connectivity index (χ0v) is 56.9. The monoisotopic (exact) mass is 1190 g/mol. The molecule has 84 heavy (non-hydrogen) atoms. The zero-order valence-electron chi connectivity index (χ0n) is 56.9. The molecule has 0 aromatic carbocycles. The molecule has 0 aliphatic heterocycles. The van der Waals surface area contributed by atoms with Crippen molar-refractivity contribution < 1.29 is 39.2 Å². The summed E-state index contributed by atoms with van der Waals surface area (Å²) < 4.78 is 6.45. The third kappa shape index (κ3) is 44.5. The lowest BCUT2D eigenvalue weighted by Crippen LogP contribution is -2.67. The number of carbonyl (C=O) groups is 4. The Hall–Kier alpha value is -1.96. The van der Waals surface area contributed by atoms with Gasteiger partial charge in [0.15, 0.2) is 11.7 Å². The molecule has 0 aromatic heterocycles. The van der Waals surface area contributed by atoms with Crippen LogP contribution >= 0.6 is 0 Å². The highest BCUT2D eigenvalue weighted by molar-refractivity contribution is 6.06. The number of ether oxygens (including phenoxy) is 1. The molecular weight excluding hydrogens is 1040 g/mol. The van der Waals surface area contributed by atoms with Gasteiger partial charge in [-0.25, -0.2) is 4.79 Å². The Morgan fingerprint density at radius 1 is 0.274 bits per heavy atom. The van der Waals surface area contributed by atoms with E-state index in [1.807, 2.05) is 0 Å². The molecule has 0 rings (SSSR count). The van der Waals surface area contributed by atoms with Crippen LogP contribution in [-0.4, -0.2) is 51.2 Å². The quantitative estimate of drug-likeness (QED) is 0.0404. The molecule has 0 saturated carbocycles. The largest absolute Gasteiger partial charge is 0.481 e. The molecule has 0 aliphatic rings. The smallest absolute Gasteiger partial charge is 0.338 e. The van der Waals surface area contributed by atoms with Crippen molar-refractivity contribution in [3.8, 4) is 0 Å². The van der Waals surface area contributed by atoms with Crippen LogP contribution in [0.3, 0.4) is 0 Å². The van der Waals surface area contributed by atoms with Crippen LogP contribution in [0.25, 0.3) is 0 Å². The fourth-order valence-corrected chi connectivity index (χ4v) is 13.6. The molecule has 3 N–H and O–H groups in total. The van der Waals surface area contributed by atoms with Crippen molar-refractivity contribution in [2.45, 2.75) is 444 Å². The maximum atomic E-state index is 14.1. The van der Waals surface area contributed by atoms with E-state index in [1.54, 1.807) is 6.92 Å². The predicted octanol–water partition coefficient (Wildman–Crippen LogP) is 25.2. The van der Waals surface area contributed by atoms with E-state index in [-0.39, 0.29) is 25.9 Å². The van der Waals surface area contributed by atoms with Gasteiger partial charge >= 0.3 is 17.9 Å². The minimum absolute atomic E-state index is 0.0326. The van der Waals surface area contributed by atoms with Crippen molar-refractivity contribution in [1.29, 1.82) is 0 Å². The fourth-order valence-electron chi connectivity index (χ4n) is 13.6. The third-order valence-corrected chi connectivity index (χ3v) is 19.2. The van der Waals surface area contributed by atoms with Gasteiger partial charge < -0.3 is 20.1 Å². The van der Waals surface area contributed by atoms with Gasteiger partial charge in [-0.05, 0) is 25.7 Å². The van der Waals surface area contributed by atoms with E-state index < -0.39 is 40.6 Å². The van der Waals surface area contributed by atoms with Crippen molar-refractivity contribution in [1.82, 2.24) is 0 Å². The number of carboxylic acid groups (broad SMARTS) is 3. The van der Waals surface area contributed by atoms with E-state index in [9.17, 15) is 34.5 Å². The first kappa shape index (κ1) is 82.0. The van der Waals surface area contributed by atoms with E-state index in [0.29, 0.717) is 25.7 Å². The first-order valence-electron chi connectivity index (χ1n) is 38.0. The Balaban J connectivity index is 5.49. The van der Waals surface area contributed by atoms with Crippen LogP contribution in [0.4, 0.5) is 0 Å². The second kappa shape index (κ2) is 62.6. The van der Waals surface area contributed by atoms with E-state index in [1.165, 1.54) is 289 Å². The second-order valence-electron chi connectivity index (χ2n) is 26.9. The van der Waals surface area contributed by atoms with Gasteiger partial charge in [-0.3, -0.25) is 14.4 Å². The minimum atomic E-state index is -2.73. The standard InChI is InChI=1S/C76H146O8/c1-5-9-12-15-18-21-24-27-30-33-36-39-42-45-48-51-54-57-60-63-67-75(73(80)81,68-64-61-58-55-52-49-46-43-40-37-34-31-28-25-22-19-16-13-10-6-2)76(74(82)83,71(72(78)79)70(77)66-8-4)84-69-65-62-59-56-53-50-47-44-41-38-35-32-29-26-23-20-17-14-11-7-3/h71H,5-69H2,1-4H3,(H,78,79)(H,80,81)(H,82,83). The molecule has 2 unspecified atom stereocenters. The average molecular weight is 1190 g/mol. The zero-order chi connectivity index (χ0) is 61.6. The van der Waals surface area contributed by atoms with Crippen molar-refractivity contribution in [2.24, 2.45) is 11.3 Å². The van der Waals surface area contributed by atoms with Gasteiger partial charge in [0, 0.05) is 13.0 Å². The molecule has 8 nitrogen and oxygen atoms in total. The van der Waals surface area contributed by atoms with Crippen molar-refractivity contribution in [3.63, 3.8) is 0 Å². The number of hydrogen-bond acceptors (Lipinski definition) is 5. The summed E-state index contributed by atoms with van der Waals surface area (Å²) in [7, 11) is 0. The molecule has 0 aromatic rings. The summed E-state index contributed by atoms with van der Waals surface area (Å²) in [6, 6.07) is 0. The highest BCUT2D eigenvalue weighted by atomic mass is 16.5. The summed E-state index contributed by atoms with van der Waals surface area (Å²) in [4.78, 5) is 55.6. The lowest BCUT2D eigenvalue weighted by atomic mass is 9.59. The topological polar surface area (TPSA) is 138 Å². The maximum Gasteiger partial charge on any atom is 0.338 e. The molecule has 0 bridgehead atoms. The molecule has 0 spiro atoms. The van der Waals surface area contributed by atoms with E-state index in [2.05, 4.69) is 20.8 Å². The number of rotatable bonds is 72.